The molecule has 0 fully saturated rings. The first-order chi connectivity index (χ1) is 13.1. The van der Waals surface area contributed by atoms with Crippen LogP contribution in [0.2, 0.25) is 0 Å². The van der Waals surface area contributed by atoms with Crippen LogP contribution in [0.1, 0.15) is 27.5 Å². The Labute approximate surface area is 156 Å². The summed E-state index contributed by atoms with van der Waals surface area (Å²) in [5.74, 6) is -0.565. The summed E-state index contributed by atoms with van der Waals surface area (Å²) in [6.07, 6.45) is 0. The van der Waals surface area contributed by atoms with Gasteiger partial charge in [0.25, 0.3) is 11.8 Å². The molecule has 1 aliphatic rings. The molecule has 1 heterocycles. The highest BCUT2D eigenvalue weighted by molar-refractivity contribution is 6.04. The summed E-state index contributed by atoms with van der Waals surface area (Å²) in [7, 11) is 0. The highest BCUT2D eigenvalue weighted by Gasteiger charge is 2.37. The van der Waals surface area contributed by atoms with Gasteiger partial charge in [-0.15, -0.1) is 0 Å². The molecule has 5 nitrogen and oxygen atoms in total. The van der Waals surface area contributed by atoms with Crippen LogP contribution in [0.25, 0.3) is 0 Å². The van der Waals surface area contributed by atoms with Crippen molar-refractivity contribution in [3.63, 3.8) is 0 Å². The zero-order valence-corrected chi connectivity index (χ0v) is 14.5. The first-order valence-corrected chi connectivity index (χ1v) is 8.68. The molecule has 1 aliphatic heterocycles. The number of anilines is 1. The number of nitrogens with zero attached hydrogens (tertiary/aromatic N) is 1. The molecule has 0 saturated carbocycles. The Kier molecular flexibility index (Phi) is 4.34. The fraction of sp³-hybridized carbons (Fsp3) is 0.0909. The van der Waals surface area contributed by atoms with Crippen molar-refractivity contribution in [2.45, 2.75) is 12.6 Å². The molecule has 1 atom stereocenters. The number of hydrogen-bond donors (Lipinski definition) is 2. The second-order valence-corrected chi connectivity index (χ2v) is 6.41. The van der Waals surface area contributed by atoms with Gasteiger partial charge >= 0.3 is 0 Å². The van der Waals surface area contributed by atoms with Crippen molar-refractivity contribution in [2.75, 3.05) is 5.32 Å². The lowest BCUT2D eigenvalue weighted by Crippen LogP contribution is -2.37. The number of para-hydroxylation sites is 2. The predicted molar refractivity (Wildman–Crippen MR) is 102 cm³/mol. The maximum absolute atomic E-state index is 13.1. The van der Waals surface area contributed by atoms with E-state index >= 15 is 0 Å². The van der Waals surface area contributed by atoms with E-state index in [0.717, 1.165) is 5.56 Å². The normalized spacial score (nSPS) is 13.9. The lowest BCUT2D eigenvalue weighted by molar-refractivity contribution is -0.120. The molecule has 2 amide bonds. The third-order valence-corrected chi connectivity index (χ3v) is 4.69. The summed E-state index contributed by atoms with van der Waals surface area (Å²) >= 11 is 0. The summed E-state index contributed by atoms with van der Waals surface area (Å²) in [5.41, 5.74) is 2.55. The molecule has 0 saturated heterocycles. The maximum Gasteiger partial charge on any atom is 0.255 e. The summed E-state index contributed by atoms with van der Waals surface area (Å²) in [5, 5.41) is 12.7. The van der Waals surface area contributed by atoms with E-state index in [0.29, 0.717) is 23.4 Å². The Morgan fingerprint density at radius 3 is 2.33 bits per heavy atom. The van der Waals surface area contributed by atoms with Crippen LogP contribution in [0.3, 0.4) is 0 Å². The SMILES string of the molecule is O=C(Nc1ccccc1O)[C@H](c1ccccc1)N1Cc2ccccc2C1=O. The van der Waals surface area contributed by atoms with Gasteiger partial charge < -0.3 is 15.3 Å². The van der Waals surface area contributed by atoms with Crippen LogP contribution in [0.5, 0.6) is 5.75 Å². The molecule has 0 unspecified atom stereocenters. The Balaban J connectivity index is 1.70. The second-order valence-electron chi connectivity index (χ2n) is 6.41. The molecule has 0 bridgehead atoms. The highest BCUT2D eigenvalue weighted by Crippen LogP contribution is 2.33. The van der Waals surface area contributed by atoms with E-state index in [1.165, 1.54) is 6.07 Å². The summed E-state index contributed by atoms with van der Waals surface area (Å²) in [4.78, 5) is 27.6. The Hall–Kier alpha value is -3.60. The molecule has 0 spiro atoms. The number of phenols is 1. The fourth-order valence-electron chi connectivity index (χ4n) is 3.37. The van der Waals surface area contributed by atoms with Crippen LogP contribution < -0.4 is 5.32 Å². The van der Waals surface area contributed by atoms with Crippen molar-refractivity contribution in [3.05, 3.63) is 95.6 Å². The Morgan fingerprint density at radius 2 is 1.59 bits per heavy atom. The van der Waals surface area contributed by atoms with E-state index < -0.39 is 6.04 Å². The van der Waals surface area contributed by atoms with Crippen LogP contribution >= 0.6 is 0 Å². The average Bonchev–Trinajstić information content (AvgIpc) is 3.01. The molecule has 5 heteroatoms. The molecule has 0 radical (unpaired) electrons. The molecule has 27 heavy (non-hydrogen) atoms. The van der Waals surface area contributed by atoms with Gasteiger partial charge in [0.1, 0.15) is 11.8 Å². The second kappa shape index (κ2) is 6.96. The zero-order valence-electron chi connectivity index (χ0n) is 14.5. The van der Waals surface area contributed by atoms with E-state index in [1.807, 2.05) is 48.5 Å². The molecule has 4 rings (SSSR count). The smallest absolute Gasteiger partial charge is 0.255 e. The third-order valence-electron chi connectivity index (χ3n) is 4.69. The number of rotatable bonds is 4. The number of aromatic hydroxyl groups is 1. The van der Waals surface area contributed by atoms with E-state index in [1.54, 1.807) is 29.2 Å². The standard InChI is InChI=1S/C22H18N2O3/c25-19-13-7-6-12-18(19)23-21(26)20(15-8-2-1-3-9-15)24-14-16-10-4-5-11-17(16)22(24)27/h1-13,20,25H,14H2,(H,23,26)/t20-/m0/s1. The number of phenolic OH excluding ortho intramolecular Hbond substituents is 1. The van der Waals surface area contributed by atoms with Crippen molar-refractivity contribution in [1.29, 1.82) is 0 Å². The summed E-state index contributed by atoms with van der Waals surface area (Å²) in [6.45, 7) is 0.364. The number of hydrogen-bond acceptors (Lipinski definition) is 3. The first-order valence-electron chi connectivity index (χ1n) is 8.68. The first kappa shape index (κ1) is 16.8. The fourth-order valence-corrected chi connectivity index (χ4v) is 3.37. The van der Waals surface area contributed by atoms with E-state index in [9.17, 15) is 14.7 Å². The van der Waals surface area contributed by atoms with Crippen LogP contribution in [0.4, 0.5) is 5.69 Å². The lowest BCUT2D eigenvalue weighted by Gasteiger charge is -2.27. The van der Waals surface area contributed by atoms with Gasteiger partial charge in [0.15, 0.2) is 0 Å². The van der Waals surface area contributed by atoms with Crippen LogP contribution in [-0.2, 0) is 11.3 Å². The number of carbonyl (C=O) groups excluding carboxylic acids is 2. The number of carbonyl (C=O) groups is 2. The van der Waals surface area contributed by atoms with E-state index in [4.69, 9.17) is 0 Å². The van der Waals surface area contributed by atoms with Crippen molar-refractivity contribution < 1.29 is 14.7 Å². The quantitative estimate of drug-likeness (QED) is 0.698. The van der Waals surface area contributed by atoms with Gasteiger partial charge in [0.2, 0.25) is 0 Å². The highest BCUT2D eigenvalue weighted by atomic mass is 16.3. The number of nitrogens with one attached hydrogen (secondary N) is 1. The molecule has 2 N–H and O–H groups in total. The number of fused-ring (bicyclic) bond motifs is 1. The molecular formula is C22H18N2O3. The van der Waals surface area contributed by atoms with Gasteiger partial charge in [-0.05, 0) is 29.3 Å². The minimum absolute atomic E-state index is 0.0197. The molecule has 3 aromatic carbocycles. The molecule has 0 aromatic heterocycles. The number of amides is 2. The maximum atomic E-state index is 13.1. The van der Waals surface area contributed by atoms with Gasteiger partial charge in [0, 0.05) is 12.1 Å². The van der Waals surface area contributed by atoms with Crippen LogP contribution in [0.15, 0.2) is 78.9 Å². The van der Waals surface area contributed by atoms with Gasteiger partial charge in [-0.3, -0.25) is 9.59 Å². The van der Waals surface area contributed by atoms with Gasteiger partial charge in [-0.25, -0.2) is 0 Å². The lowest BCUT2D eigenvalue weighted by atomic mass is 10.0. The van der Waals surface area contributed by atoms with Crippen molar-refractivity contribution >= 4 is 17.5 Å². The van der Waals surface area contributed by atoms with Crippen molar-refractivity contribution in [3.8, 4) is 5.75 Å². The van der Waals surface area contributed by atoms with E-state index in [2.05, 4.69) is 5.32 Å². The topological polar surface area (TPSA) is 69.6 Å². The van der Waals surface area contributed by atoms with E-state index in [-0.39, 0.29) is 17.6 Å². The van der Waals surface area contributed by atoms with Crippen LogP contribution in [0, 0.1) is 0 Å². The minimum Gasteiger partial charge on any atom is -0.506 e. The van der Waals surface area contributed by atoms with Gasteiger partial charge in [0.05, 0.1) is 5.69 Å². The van der Waals surface area contributed by atoms with Gasteiger partial charge in [-0.2, -0.15) is 0 Å². The predicted octanol–water partition coefficient (Wildman–Crippen LogP) is 3.73. The minimum atomic E-state index is -0.800. The molecule has 0 aliphatic carbocycles. The van der Waals surface area contributed by atoms with Gasteiger partial charge in [-0.1, -0.05) is 60.7 Å². The largest absolute Gasteiger partial charge is 0.506 e. The third kappa shape index (κ3) is 3.15. The summed E-state index contributed by atoms with van der Waals surface area (Å²) in [6, 6.07) is 22.3. The van der Waals surface area contributed by atoms with Crippen molar-refractivity contribution in [2.24, 2.45) is 0 Å². The van der Waals surface area contributed by atoms with Crippen molar-refractivity contribution in [1.82, 2.24) is 4.90 Å². The Bertz CT molecular complexity index is 1000. The monoisotopic (exact) mass is 358 g/mol. The summed E-state index contributed by atoms with van der Waals surface area (Å²) < 4.78 is 0. The molecule has 134 valence electrons. The Morgan fingerprint density at radius 1 is 0.926 bits per heavy atom. The van der Waals surface area contributed by atoms with Crippen LogP contribution in [-0.4, -0.2) is 21.8 Å². The number of benzene rings is 3. The zero-order chi connectivity index (χ0) is 18.8. The molecular weight excluding hydrogens is 340 g/mol. The average molecular weight is 358 g/mol. The molecule has 3 aromatic rings.